The first-order valence-corrected chi connectivity index (χ1v) is 5.92. The van der Waals surface area contributed by atoms with Crippen LogP contribution in [0.2, 0.25) is 0 Å². The van der Waals surface area contributed by atoms with Gasteiger partial charge in [0.15, 0.2) is 5.78 Å². The van der Waals surface area contributed by atoms with Gasteiger partial charge in [0.25, 0.3) is 0 Å². The first-order valence-electron chi connectivity index (χ1n) is 5.92. The van der Waals surface area contributed by atoms with E-state index >= 15 is 0 Å². The van der Waals surface area contributed by atoms with Gasteiger partial charge in [-0.2, -0.15) is 0 Å². The fraction of sp³-hybridized carbons (Fsp3) is 0.917. The summed E-state index contributed by atoms with van der Waals surface area (Å²) in [5.41, 5.74) is 5.50. The highest BCUT2D eigenvalue weighted by atomic mass is 16.1. The van der Waals surface area contributed by atoms with Gasteiger partial charge in [0.1, 0.15) is 0 Å². The number of nitrogens with zero attached hydrogens (tertiary/aromatic N) is 1. The third kappa shape index (κ3) is 3.58. The molecule has 3 nitrogen and oxygen atoms in total. The molecule has 88 valence electrons. The van der Waals surface area contributed by atoms with Crippen molar-refractivity contribution in [1.82, 2.24) is 4.90 Å². The van der Waals surface area contributed by atoms with E-state index in [1.807, 2.05) is 20.8 Å². The van der Waals surface area contributed by atoms with E-state index in [2.05, 4.69) is 4.90 Å². The number of rotatable bonds is 3. The van der Waals surface area contributed by atoms with Crippen LogP contribution in [0.15, 0.2) is 0 Å². The quantitative estimate of drug-likeness (QED) is 0.769. The Morgan fingerprint density at radius 1 is 1.40 bits per heavy atom. The topological polar surface area (TPSA) is 46.3 Å². The van der Waals surface area contributed by atoms with E-state index in [-0.39, 0.29) is 5.41 Å². The van der Waals surface area contributed by atoms with Crippen LogP contribution >= 0.6 is 0 Å². The molecule has 0 aromatic rings. The molecule has 15 heavy (non-hydrogen) atoms. The largest absolute Gasteiger partial charge is 0.329 e. The Kier molecular flexibility index (Phi) is 4.29. The molecule has 0 amide bonds. The van der Waals surface area contributed by atoms with E-state index in [1.165, 1.54) is 12.8 Å². The fourth-order valence-corrected chi connectivity index (χ4v) is 1.96. The zero-order valence-electron chi connectivity index (χ0n) is 10.3. The Morgan fingerprint density at radius 2 is 2.07 bits per heavy atom. The third-order valence-corrected chi connectivity index (χ3v) is 3.20. The molecule has 0 aromatic heterocycles. The molecule has 1 rings (SSSR count). The van der Waals surface area contributed by atoms with Crippen molar-refractivity contribution in [1.29, 1.82) is 0 Å². The molecule has 0 spiro atoms. The Labute approximate surface area is 93.0 Å². The van der Waals surface area contributed by atoms with Gasteiger partial charge in [-0.15, -0.1) is 0 Å². The van der Waals surface area contributed by atoms with Crippen LogP contribution in [-0.2, 0) is 4.79 Å². The second-order valence-corrected chi connectivity index (χ2v) is 5.53. The van der Waals surface area contributed by atoms with E-state index < -0.39 is 0 Å². The van der Waals surface area contributed by atoms with E-state index in [1.54, 1.807) is 0 Å². The number of carbonyl (C=O) groups is 1. The van der Waals surface area contributed by atoms with Gasteiger partial charge < -0.3 is 5.73 Å². The SMILES string of the molecule is CC(C)(C)C(=O)CN1CCCCC1CN. The molecular weight excluding hydrogens is 188 g/mol. The van der Waals surface area contributed by atoms with E-state index in [9.17, 15) is 4.79 Å². The van der Waals surface area contributed by atoms with Gasteiger partial charge in [0.05, 0.1) is 6.54 Å². The van der Waals surface area contributed by atoms with Crippen molar-refractivity contribution in [3.63, 3.8) is 0 Å². The van der Waals surface area contributed by atoms with E-state index in [4.69, 9.17) is 5.73 Å². The highest BCUT2D eigenvalue weighted by molar-refractivity contribution is 5.85. The average Bonchev–Trinajstić information content (AvgIpc) is 2.17. The predicted molar refractivity (Wildman–Crippen MR) is 62.7 cm³/mol. The van der Waals surface area contributed by atoms with Gasteiger partial charge in [0, 0.05) is 18.0 Å². The predicted octanol–water partition coefficient (Wildman–Crippen LogP) is 1.41. The zero-order chi connectivity index (χ0) is 11.5. The summed E-state index contributed by atoms with van der Waals surface area (Å²) in [4.78, 5) is 14.2. The van der Waals surface area contributed by atoms with Crippen molar-refractivity contribution in [2.75, 3.05) is 19.6 Å². The Balaban J connectivity index is 2.52. The highest BCUT2D eigenvalue weighted by Gasteiger charge is 2.28. The van der Waals surface area contributed by atoms with Crippen LogP contribution < -0.4 is 5.73 Å². The highest BCUT2D eigenvalue weighted by Crippen LogP contribution is 2.20. The summed E-state index contributed by atoms with van der Waals surface area (Å²) in [5, 5.41) is 0. The van der Waals surface area contributed by atoms with Crippen LogP contribution in [0.3, 0.4) is 0 Å². The Bertz CT molecular complexity index is 220. The Hall–Kier alpha value is -0.410. The molecule has 1 atom stereocenters. The maximum Gasteiger partial charge on any atom is 0.152 e. The fourth-order valence-electron chi connectivity index (χ4n) is 1.96. The number of piperidine rings is 1. The average molecular weight is 212 g/mol. The van der Waals surface area contributed by atoms with Crippen LogP contribution in [0, 0.1) is 5.41 Å². The van der Waals surface area contributed by atoms with Crippen molar-refractivity contribution in [2.45, 2.75) is 46.1 Å². The molecule has 2 N–H and O–H groups in total. The normalized spacial score (nSPS) is 24.1. The first-order chi connectivity index (χ1) is 6.95. The number of nitrogens with two attached hydrogens (primary N) is 1. The summed E-state index contributed by atoms with van der Waals surface area (Å²) in [6, 6.07) is 0.421. The van der Waals surface area contributed by atoms with Gasteiger partial charge in [-0.3, -0.25) is 9.69 Å². The molecule has 0 bridgehead atoms. The lowest BCUT2D eigenvalue weighted by molar-refractivity contribution is -0.128. The molecule has 1 saturated heterocycles. The molecule has 1 aliphatic heterocycles. The van der Waals surface area contributed by atoms with Crippen molar-refractivity contribution in [2.24, 2.45) is 11.1 Å². The lowest BCUT2D eigenvalue weighted by atomic mass is 9.89. The summed E-state index contributed by atoms with van der Waals surface area (Å²) < 4.78 is 0. The molecule has 0 radical (unpaired) electrons. The second-order valence-electron chi connectivity index (χ2n) is 5.53. The van der Waals surface area contributed by atoms with Gasteiger partial charge in [-0.1, -0.05) is 27.2 Å². The maximum atomic E-state index is 11.9. The molecule has 0 aromatic carbocycles. The third-order valence-electron chi connectivity index (χ3n) is 3.20. The summed E-state index contributed by atoms with van der Waals surface area (Å²) in [6.45, 7) is 8.23. The minimum Gasteiger partial charge on any atom is -0.329 e. The number of hydrogen-bond donors (Lipinski definition) is 1. The minimum absolute atomic E-state index is 0.226. The standard InChI is InChI=1S/C12H24N2O/c1-12(2,3)11(15)9-14-7-5-4-6-10(14)8-13/h10H,4-9,13H2,1-3H3. The Morgan fingerprint density at radius 3 is 2.60 bits per heavy atom. The molecule has 3 heteroatoms. The van der Waals surface area contributed by atoms with Crippen LogP contribution in [0.5, 0.6) is 0 Å². The van der Waals surface area contributed by atoms with Gasteiger partial charge in [-0.05, 0) is 19.4 Å². The number of Topliss-reactive ketones (excluding diaryl/α,β-unsaturated/α-hetero) is 1. The molecule has 1 heterocycles. The van der Waals surface area contributed by atoms with Crippen LogP contribution in [0.25, 0.3) is 0 Å². The maximum absolute atomic E-state index is 11.9. The molecule has 1 unspecified atom stereocenters. The van der Waals surface area contributed by atoms with Gasteiger partial charge in [0.2, 0.25) is 0 Å². The van der Waals surface area contributed by atoms with Crippen LogP contribution in [-0.4, -0.2) is 36.4 Å². The number of hydrogen-bond acceptors (Lipinski definition) is 3. The van der Waals surface area contributed by atoms with Crippen LogP contribution in [0.4, 0.5) is 0 Å². The summed E-state index contributed by atoms with van der Waals surface area (Å²) in [7, 11) is 0. The molecule has 1 aliphatic rings. The summed E-state index contributed by atoms with van der Waals surface area (Å²) >= 11 is 0. The molecule has 0 saturated carbocycles. The zero-order valence-corrected chi connectivity index (χ0v) is 10.3. The minimum atomic E-state index is -0.226. The van der Waals surface area contributed by atoms with Crippen molar-refractivity contribution < 1.29 is 4.79 Å². The van der Waals surface area contributed by atoms with Gasteiger partial charge in [-0.25, -0.2) is 0 Å². The summed E-state index contributed by atoms with van der Waals surface area (Å²) in [6.07, 6.45) is 3.60. The van der Waals surface area contributed by atoms with E-state index in [0.29, 0.717) is 24.9 Å². The van der Waals surface area contributed by atoms with Gasteiger partial charge >= 0.3 is 0 Å². The smallest absolute Gasteiger partial charge is 0.152 e. The second kappa shape index (κ2) is 5.08. The van der Waals surface area contributed by atoms with Crippen molar-refractivity contribution in [3.8, 4) is 0 Å². The summed E-state index contributed by atoms with van der Waals surface area (Å²) in [5.74, 6) is 0.322. The number of likely N-dealkylation sites (tertiary alicyclic amines) is 1. The monoisotopic (exact) mass is 212 g/mol. The molecule has 0 aliphatic carbocycles. The van der Waals surface area contributed by atoms with E-state index in [0.717, 1.165) is 13.0 Å². The first kappa shape index (κ1) is 12.7. The number of carbonyl (C=O) groups excluding carboxylic acids is 1. The lowest BCUT2D eigenvalue weighted by Crippen LogP contribution is -2.48. The van der Waals surface area contributed by atoms with Crippen LogP contribution in [0.1, 0.15) is 40.0 Å². The number of ketones is 1. The van der Waals surface area contributed by atoms with Crippen molar-refractivity contribution >= 4 is 5.78 Å². The van der Waals surface area contributed by atoms with Crippen molar-refractivity contribution in [3.05, 3.63) is 0 Å². The lowest BCUT2D eigenvalue weighted by Gasteiger charge is -2.35. The molecule has 1 fully saturated rings. The molecular formula is C12H24N2O.